The van der Waals surface area contributed by atoms with Gasteiger partial charge < -0.3 is 9.64 Å². The van der Waals surface area contributed by atoms with Crippen LogP contribution in [0.2, 0.25) is 0 Å². The number of ether oxygens (including phenoxy) is 1. The molecule has 3 aromatic rings. The van der Waals surface area contributed by atoms with Crippen molar-refractivity contribution in [1.82, 2.24) is 4.90 Å². The highest BCUT2D eigenvalue weighted by Gasteiger charge is 2.23. The van der Waals surface area contributed by atoms with Gasteiger partial charge in [-0.1, -0.05) is 24.3 Å². The van der Waals surface area contributed by atoms with E-state index >= 15 is 0 Å². The number of amides is 1. The largest absolute Gasteiger partial charge is 0.481 e. The van der Waals surface area contributed by atoms with E-state index in [9.17, 15) is 9.18 Å². The highest BCUT2D eigenvalue weighted by molar-refractivity contribution is 5.81. The van der Waals surface area contributed by atoms with E-state index in [0.29, 0.717) is 22.4 Å². The lowest BCUT2D eigenvalue weighted by atomic mass is 10.1. The molecule has 3 rings (SSSR count). The van der Waals surface area contributed by atoms with Crippen molar-refractivity contribution in [3.63, 3.8) is 0 Å². The number of nitrogens with zero attached hydrogens (tertiary/aromatic N) is 3. The van der Waals surface area contributed by atoms with E-state index in [0.717, 1.165) is 5.56 Å². The van der Waals surface area contributed by atoms with Crippen molar-refractivity contribution in [2.75, 3.05) is 0 Å². The predicted molar refractivity (Wildman–Crippen MR) is 113 cm³/mol. The van der Waals surface area contributed by atoms with E-state index < -0.39 is 6.10 Å². The number of benzene rings is 3. The van der Waals surface area contributed by atoms with Crippen LogP contribution < -0.4 is 4.74 Å². The zero-order valence-electron chi connectivity index (χ0n) is 17.0. The Morgan fingerprint density at radius 3 is 2.10 bits per heavy atom. The van der Waals surface area contributed by atoms with Crippen molar-refractivity contribution in [1.29, 1.82) is 10.5 Å². The van der Waals surface area contributed by atoms with Crippen LogP contribution >= 0.6 is 0 Å². The standard InChI is InChI=1S/C25H20FN3O2/c1-18(31-24-11-9-20(15-28)10-12-24)25(30)29(17-22-3-2-4-23(26)13-22)16-21-7-5-19(14-27)6-8-21/h2-13,18H,16-17H2,1H3. The minimum atomic E-state index is -0.792. The van der Waals surface area contributed by atoms with Crippen molar-refractivity contribution in [2.24, 2.45) is 0 Å². The monoisotopic (exact) mass is 413 g/mol. The van der Waals surface area contributed by atoms with Crippen molar-refractivity contribution in [3.8, 4) is 17.9 Å². The van der Waals surface area contributed by atoms with Gasteiger partial charge in [-0.05, 0) is 66.6 Å². The summed E-state index contributed by atoms with van der Waals surface area (Å²) >= 11 is 0. The molecule has 31 heavy (non-hydrogen) atoms. The Bertz CT molecular complexity index is 1130. The quantitative estimate of drug-likeness (QED) is 0.569. The average Bonchev–Trinajstić information content (AvgIpc) is 2.79. The molecular weight excluding hydrogens is 393 g/mol. The fraction of sp³-hybridized carbons (Fsp3) is 0.160. The molecule has 0 N–H and O–H groups in total. The summed E-state index contributed by atoms with van der Waals surface area (Å²) < 4.78 is 19.4. The SMILES string of the molecule is CC(Oc1ccc(C#N)cc1)C(=O)N(Cc1ccc(C#N)cc1)Cc1cccc(F)c1. The minimum Gasteiger partial charge on any atom is -0.481 e. The Balaban J connectivity index is 1.79. The smallest absolute Gasteiger partial charge is 0.263 e. The summed E-state index contributed by atoms with van der Waals surface area (Å²) in [5.74, 6) is -0.160. The Hall–Kier alpha value is -4.16. The van der Waals surface area contributed by atoms with Crippen LogP contribution in [0.3, 0.4) is 0 Å². The lowest BCUT2D eigenvalue weighted by molar-refractivity contribution is -0.139. The highest BCUT2D eigenvalue weighted by atomic mass is 19.1. The highest BCUT2D eigenvalue weighted by Crippen LogP contribution is 2.18. The Labute approximate surface area is 180 Å². The summed E-state index contributed by atoms with van der Waals surface area (Å²) in [5, 5.41) is 17.9. The minimum absolute atomic E-state index is 0.206. The van der Waals surface area contributed by atoms with Gasteiger partial charge >= 0.3 is 0 Å². The third kappa shape index (κ3) is 5.91. The number of hydrogen-bond donors (Lipinski definition) is 0. The molecule has 0 radical (unpaired) electrons. The van der Waals surface area contributed by atoms with Crippen LogP contribution in [0.5, 0.6) is 5.75 Å². The number of halogens is 1. The fourth-order valence-corrected chi connectivity index (χ4v) is 3.09. The van der Waals surface area contributed by atoms with Gasteiger partial charge in [0.1, 0.15) is 11.6 Å². The molecule has 0 bridgehead atoms. The van der Waals surface area contributed by atoms with Gasteiger partial charge in [0.05, 0.1) is 23.3 Å². The molecule has 0 aliphatic heterocycles. The van der Waals surface area contributed by atoms with Gasteiger partial charge in [0.25, 0.3) is 5.91 Å². The molecule has 5 nitrogen and oxygen atoms in total. The molecule has 3 aromatic carbocycles. The van der Waals surface area contributed by atoms with Crippen molar-refractivity contribution < 1.29 is 13.9 Å². The molecule has 0 aliphatic carbocycles. The van der Waals surface area contributed by atoms with Crippen LogP contribution in [0.4, 0.5) is 4.39 Å². The Kier molecular flexibility index (Phi) is 6.98. The van der Waals surface area contributed by atoms with E-state index in [1.54, 1.807) is 72.5 Å². The van der Waals surface area contributed by atoms with Gasteiger partial charge in [-0.25, -0.2) is 4.39 Å². The van der Waals surface area contributed by atoms with E-state index in [4.69, 9.17) is 15.3 Å². The fourth-order valence-electron chi connectivity index (χ4n) is 3.09. The molecule has 0 saturated heterocycles. The van der Waals surface area contributed by atoms with Gasteiger partial charge in [-0.2, -0.15) is 10.5 Å². The topological polar surface area (TPSA) is 77.1 Å². The van der Waals surface area contributed by atoms with Gasteiger partial charge in [0.2, 0.25) is 0 Å². The molecule has 154 valence electrons. The first-order valence-corrected chi connectivity index (χ1v) is 9.67. The van der Waals surface area contributed by atoms with Gasteiger partial charge in [0.15, 0.2) is 6.10 Å². The van der Waals surface area contributed by atoms with Crippen molar-refractivity contribution in [2.45, 2.75) is 26.1 Å². The van der Waals surface area contributed by atoms with Crippen molar-refractivity contribution in [3.05, 3.63) is 101 Å². The molecule has 0 saturated carbocycles. The first kappa shape index (κ1) is 21.5. The van der Waals surface area contributed by atoms with E-state index in [2.05, 4.69) is 6.07 Å². The molecule has 1 amide bonds. The van der Waals surface area contributed by atoms with Crippen LogP contribution in [-0.2, 0) is 17.9 Å². The molecule has 0 aliphatic rings. The van der Waals surface area contributed by atoms with Gasteiger partial charge in [0, 0.05) is 13.1 Å². The maximum absolute atomic E-state index is 13.7. The summed E-state index contributed by atoms with van der Waals surface area (Å²) in [6, 6.07) is 23.7. The van der Waals surface area contributed by atoms with Crippen LogP contribution in [0, 0.1) is 28.5 Å². The summed E-state index contributed by atoms with van der Waals surface area (Å²) in [6.07, 6.45) is -0.792. The number of nitriles is 2. The van der Waals surface area contributed by atoms with Gasteiger partial charge in [-0.15, -0.1) is 0 Å². The van der Waals surface area contributed by atoms with Crippen molar-refractivity contribution >= 4 is 5.91 Å². The van der Waals surface area contributed by atoms with E-state index in [1.165, 1.54) is 12.1 Å². The zero-order chi connectivity index (χ0) is 22.2. The van der Waals surface area contributed by atoms with E-state index in [1.807, 2.05) is 6.07 Å². The number of carbonyl (C=O) groups excluding carboxylic acids is 1. The van der Waals surface area contributed by atoms with Gasteiger partial charge in [-0.3, -0.25) is 4.79 Å². The molecule has 1 atom stereocenters. The zero-order valence-corrected chi connectivity index (χ0v) is 17.0. The number of hydrogen-bond acceptors (Lipinski definition) is 4. The summed E-state index contributed by atoms with van der Waals surface area (Å²) in [7, 11) is 0. The number of rotatable bonds is 7. The maximum Gasteiger partial charge on any atom is 0.263 e. The molecule has 1 unspecified atom stereocenters. The second-order valence-corrected chi connectivity index (χ2v) is 7.03. The molecule has 0 spiro atoms. The van der Waals surface area contributed by atoms with Crippen LogP contribution in [0.1, 0.15) is 29.2 Å². The lowest BCUT2D eigenvalue weighted by Crippen LogP contribution is -2.39. The third-order valence-corrected chi connectivity index (χ3v) is 4.67. The molecule has 0 fully saturated rings. The predicted octanol–water partition coefficient (Wildman–Crippen LogP) is 4.57. The summed E-state index contributed by atoms with van der Waals surface area (Å²) in [6.45, 7) is 2.14. The molecule has 6 heteroatoms. The first-order valence-electron chi connectivity index (χ1n) is 9.67. The lowest BCUT2D eigenvalue weighted by Gasteiger charge is -2.26. The Morgan fingerprint density at radius 1 is 0.935 bits per heavy atom. The van der Waals surface area contributed by atoms with Crippen LogP contribution in [0.15, 0.2) is 72.8 Å². The maximum atomic E-state index is 13.7. The van der Waals surface area contributed by atoms with Crippen LogP contribution in [0.25, 0.3) is 0 Å². The molecule has 0 heterocycles. The number of carbonyl (C=O) groups is 1. The summed E-state index contributed by atoms with van der Waals surface area (Å²) in [4.78, 5) is 14.8. The third-order valence-electron chi connectivity index (χ3n) is 4.67. The van der Waals surface area contributed by atoms with E-state index in [-0.39, 0.29) is 24.8 Å². The second-order valence-electron chi connectivity index (χ2n) is 7.03. The first-order chi connectivity index (χ1) is 15.0. The average molecular weight is 413 g/mol. The second kappa shape index (κ2) is 10.0. The van der Waals surface area contributed by atoms with Crippen LogP contribution in [-0.4, -0.2) is 16.9 Å². The summed E-state index contributed by atoms with van der Waals surface area (Å²) in [5.41, 5.74) is 2.53. The molecule has 0 aromatic heterocycles. The molecular formula is C25H20FN3O2. The Morgan fingerprint density at radius 2 is 1.52 bits per heavy atom. The normalized spacial score (nSPS) is 11.1.